The number of hydrogen-bond donors (Lipinski definition) is 1. The summed E-state index contributed by atoms with van der Waals surface area (Å²) in [6.07, 6.45) is 6.16. The second-order valence-corrected chi connectivity index (χ2v) is 8.54. The Balaban J connectivity index is 0.00000161. The summed E-state index contributed by atoms with van der Waals surface area (Å²) in [5.41, 5.74) is 0. The number of nitrogens with zero attached hydrogens (tertiary/aromatic N) is 1. The number of ether oxygens (including phenoxy) is 1. The number of nitrogens with one attached hydrogen (secondary N) is 1. The summed E-state index contributed by atoms with van der Waals surface area (Å²) in [4.78, 5) is 0. The molecule has 3 heterocycles. The molecular formula is C14H27ClN2O3S. The Morgan fingerprint density at radius 3 is 2.38 bits per heavy atom. The van der Waals surface area contributed by atoms with E-state index in [1.54, 1.807) is 4.31 Å². The van der Waals surface area contributed by atoms with Crippen molar-refractivity contribution in [1.29, 1.82) is 0 Å². The molecule has 3 fully saturated rings. The van der Waals surface area contributed by atoms with Crippen molar-refractivity contribution in [1.82, 2.24) is 9.62 Å². The summed E-state index contributed by atoms with van der Waals surface area (Å²) in [6.45, 7) is 3.61. The standard InChI is InChI=1S/C14H26N2O3S.ClH/c17-20(18,13-3-2-10-19-11-13)16-8-5-12(6-9-16)14-4-1-7-15-14;/h12-15H,1-11H2;1H. The number of rotatable bonds is 3. The predicted octanol–water partition coefficient (Wildman–Crippen LogP) is 1.38. The average Bonchev–Trinajstić information content (AvgIpc) is 3.02. The van der Waals surface area contributed by atoms with Crippen LogP contribution in [0.15, 0.2) is 0 Å². The number of piperidine rings is 1. The first-order valence-electron chi connectivity index (χ1n) is 7.98. The Bertz CT molecular complexity index is 412. The van der Waals surface area contributed by atoms with Crippen molar-refractivity contribution in [3.63, 3.8) is 0 Å². The van der Waals surface area contributed by atoms with Crippen molar-refractivity contribution >= 4 is 22.4 Å². The lowest BCUT2D eigenvalue weighted by atomic mass is 9.89. The average molecular weight is 339 g/mol. The molecule has 0 aromatic heterocycles. The van der Waals surface area contributed by atoms with E-state index in [9.17, 15) is 8.42 Å². The van der Waals surface area contributed by atoms with Gasteiger partial charge in [-0.05, 0) is 51.0 Å². The largest absolute Gasteiger partial charge is 0.380 e. The van der Waals surface area contributed by atoms with Crippen molar-refractivity contribution in [2.24, 2.45) is 5.92 Å². The fourth-order valence-corrected chi connectivity index (χ4v) is 5.68. The highest BCUT2D eigenvalue weighted by Crippen LogP contribution is 2.29. The van der Waals surface area contributed by atoms with Gasteiger partial charge in [-0.3, -0.25) is 0 Å². The Morgan fingerprint density at radius 1 is 1.05 bits per heavy atom. The van der Waals surface area contributed by atoms with Crippen LogP contribution in [-0.4, -0.2) is 56.9 Å². The normalized spacial score (nSPS) is 32.8. The molecule has 0 aromatic rings. The van der Waals surface area contributed by atoms with Gasteiger partial charge in [0.15, 0.2) is 0 Å². The van der Waals surface area contributed by atoms with Crippen molar-refractivity contribution in [3.05, 3.63) is 0 Å². The second-order valence-electron chi connectivity index (χ2n) is 6.32. The van der Waals surface area contributed by atoms with Crippen LogP contribution in [0.5, 0.6) is 0 Å². The summed E-state index contributed by atoms with van der Waals surface area (Å²) in [7, 11) is -3.14. The Morgan fingerprint density at radius 2 is 1.81 bits per heavy atom. The molecule has 3 aliphatic heterocycles. The molecule has 2 unspecified atom stereocenters. The minimum absolute atomic E-state index is 0. The molecule has 5 nitrogen and oxygen atoms in total. The Hall–Kier alpha value is 0.120. The van der Waals surface area contributed by atoms with Crippen molar-refractivity contribution in [3.8, 4) is 0 Å². The van der Waals surface area contributed by atoms with Crippen molar-refractivity contribution in [2.45, 2.75) is 49.8 Å². The van der Waals surface area contributed by atoms with Crippen LogP contribution in [-0.2, 0) is 14.8 Å². The van der Waals surface area contributed by atoms with E-state index in [0.29, 0.717) is 38.3 Å². The van der Waals surface area contributed by atoms with Gasteiger partial charge in [-0.1, -0.05) is 0 Å². The zero-order chi connectivity index (χ0) is 14.0. The maximum absolute atomic E-state index is 12.6. The summed E-state index contributed by atoms with van der Waals surface area (Å²) >= 11 is 0. The quantitative estimate of drug-likeness (QED) is 0.844. The van der Waals surface area contributed by atoms with Crippen LogP contribution >= 0.6 is 12.4 Å². The third-order valence-corrected chi connectivity index (χ3v) is 7.36. The number of sulfonamides is 1. The van der Waals surface area contributed by atoms with E-state index in [1.165, 1.54) is 12.8 Å². The smallest absolute Gasteiger partial charge is 0.219 e. The first-order chi connectivity index (χ1) is 9.68. The first-order valence-corrected chi connectivity index (χ1v) is 9.48. The fourth-order valence-electron chi connectivity index (χ4n) is 3.80. The minimum atomic E-state index is -3.14. The molecule has 0 amide bonds. The van der Waals surface area contributed by atoms with Gasteiger partial charge in [-0.2, -0.15) is 0 Å². The SMILES string of the molecule is Cl.O=S(=O)(C1CCCOC1)N1CCC(C2CCCN2)CC1. The van der Waals surface area contributed by atoms with Gasteiger partial charge in [0.1, 0.15) is 0 Å². The van der Waals surface area contributed by atoms with E-state index < -0.39 is 10.0 Å². The molecule has 0 aromatic carbocycles. The van der Waals surface area contributed by atoms with Crippen LogP contribution in [0.2, 0.25) is 0 Å². The van der Waals surface area contributed by atoms with Gasteiger partial charge in [-0.25, -0.2) is 12.7 Å². The van der Waals surface area contributed by atoms with Crippen LogP contribution in [0.1, 0.15) is 38.5 Å². The monoisotopic (exact) mass is 338 g/mol. The van der Waals surface area contributed by atoms with Gasteiger partial charge in [-0.15, -0.1) is 12.4 Å². The van der Waals surface area contributed by atoms with Gasteiger partial charge < -0.3 is 10.1 Å². The molecule has 0 saturated carbocycles. The highest BCUT2D eigenvalue weighted by Gasteiger charge is 2.37. The zero-order valence-corrected chi connectivity index (χ0v) is 14.1. The van der Waals surface area contributed by atoms with E-state index >= 15 is 0 Å². The fraction of sp³-hybridized carbons (Fsp3) is 1.00. The van der Waals surface area contributed by atoms with Crippen LogP contribution in [0.3, 0.4) is 0 Å². The predicted molar refractivity (Wildman–Crippen MR) is 85.3 cm³/mol. The van der Waals surface area contributed by atoms with E-state index in [4.69, 9.17) is 4.74 Å². The van der Waals surface area contributed by atoms with Gasteiger partial charge in [0, 0.05) is 25.7 Å². The summed E-state index contributed by atoms with van der Waals surface area (Å²) in [6, 6.07) is 0.623. The molecule has 2 atom stereocenters. The molecule has 1 N–H and O–H groups in total. The van der Waals surface area contributed by atoms with Crippen molar-refractivity contribution in [2.75, 3.05) is 32.8 Å². The summed E-state index contributed by atoms with van der Waals surface area (Å²) < 4.78 is 32.3. The number of halogens is 1. The maximum Gasteiger partial charge on any atom is 0.219 e. The van der Waals surface area contributed by atoms with Crippen molar-refractivity contribution < 1.29 is 13.2 Å². The zero-order valence-electron chi connectivity index (χ0n) is 12.5. The Kier molecular flexibility index (Phi) is 6.32. The topological polar surface area (TPSA) is 58.6 Å². The van der Waals surface area contributed by atoms with Gasteiger partial charge >= 0.3 is 0 Å². The van der Waals surface area contributed by atoms with E-state index in [2.05, 4.69) is 5.32 Å². The summed E-state index contributed by atoms with van der Waals surface area (Å²) in [5.74, 6) is 0.659. The molecule has 21 heavy (non-hydrogen) atoms. The molecule has 3 aliphatic rings. The molecule has 0 radical (unpaired) electrons. The first kappa shape index (κ1) is 17.5. The lowest BCUT2D eigenvalue weighted by Crippen LogP contribution is -2.48. The lowest BCUT2D eigenvalue weighted by molar-refractivity contribution is 0.0966. The molecule has 124 valence electrons. The maximum atomic E-state index is 12.6. The van der Waals surface area contributed by atoms with Crippen LogP contribution in [0.25, 0.3) is 0 Å². The van der Waals surface area contributed by atoms with Gasteiger partial charge in [0.25, 0.3) is 0 Å². The van der Waals surface area contributed by atoms with Crippen LogP contribution in [0, 0.1) is 5.92 Å². The highest BCUT2D eigenvalue weighted by molar-refractivity contribution is 7.89. The Labute approximate surface area is 134 Å². The molecule has 7 heteroatoms. The lowest BCUT2D eigenvalue weighted by Gasteiger charge is -2.36. The highest BCUT2D eigenvalue weighted by atomic mass is 35.5. The van der Waals surface area contributed by atoms with Gasteiger partial charge in [0.05, 0.1) is 11.9 Å². The van der Waals surface area contributed by atoms with Gasteiger partial charge in [0.2, 0.25) is 10.0 Å². The molecule has 3 rings (SSSR count). The second kappa shape index (κ2) is 7.59. The number of hydrogen-bond acceptors (Lipinski definition) is 4. The third-order valence-electron chi connectivity index (χ3n) is 5.07. The molecule has 3 saturated heterocycles. The molecule has 0 bridgehead atoms. The van der Waals surface area contributed by atoms with Crippen LogP contribution in [0.4, 0.5) is 0 Å². The molecular weight excluding hydrogens is 312 g/mol. The van der Waals surface area contributed by atoms with E-state index in [0.717, 1.165) is 32.2 Å². The molecule has 0 spiro atoms. The minimum Gasteiger partial charge on any atom is -0.380 e. The third kappa shape index (κ3) is 3.91. The van der Waals surface area contributed by atoms with E-state index in [-0.39, 0.29) is 17.7 Å². The van der Waals surface area contributed by atoms with E-state index in [1.807, 2.05) is 0 Å². The van der Waals surface area contributed by atoms with Crippen LogP contribution < -0.4 is 5.32 Å². The summed E-state index contributed by atoms with van der Waals surface area (Å²) in [5, 5.41) is 3.25. The molecule has 0 aliphatic carbocycles.